The lowest BCUT2D eigenvalue weighted by Gasteiger charge is -2.11. The Bertz CT molecular complexity index is 942. The average molecular weight is 394 g/mol. The van der Waals surface area contributed by atoms with Crippen molar-refractivity contribution in [1.29, 1.82) is 0 Å². The van der Waals surface area contributed by atoms with E-state index < -0.39 is 5.91 Å². The van der Waals surface area contributed by atoms with Gasteiger partial charge in [-0.1, -0.05) is 48.5 Å². The van der Waals surface area contributed by atoms with Gasteiger partial charge in [-0.15, -0.1) is 0 Å². The molecule has 150 valence electrons. The molecule has 29 heavy (non-hydrogen) atoms. The van der Waals surface area contributed by atoms with Crippen LogP contribution in [-0.2, 0) is 22.8 Å². The summed E-state index contributed by atoms with van der Waals surface area (Å²) in [5, 5.41) is 2.68. The highest BCUT2D eigenvalue weighted by Crippen LogP contribution is 2.16. The van der Waals surface area contributed by atoms with Crippen molar-refractivity contribution in [2.45, 2.75) is 13.3 Å². The number of carbonyl (C=O) groups excluding carboxylic acids is 2. The highest BCUT2D eigenvalue weighted by Gasteiger charge is 2.18. The van der Waals surface area contributed by atoms with Gasteiger partial charge in [0, 0.05) is 5.56 Å². The molecule has 2 amide bonds. The molecule has 0 aliphatic rings. The van der Waals surface area contributed by atoms with Crippen molar-refractivity contribution >= 4 is 17.6 Å². The number of nitrogens with one attached hydrogen (secondary N) is 1. The van der Waals surface area contributed by atoms with Gasteiger partial charge in [0.2, 0.25) is 0 Å². The second-order valence-electron chi connectivity index (χ2n) is 6.17. The third-order valence-corrected chi connectivity index (χ3v) is 4.05. The summed E-state index contributed by atoms with van der Waals surface area (Å²) in [6, 6.07) is 18.5. The molecule has 0 aliphatic heterocycles. The van der Waals surface area contributed by atoms with E-state index >= 15 is 0 Å². The van der Waals surface area contributed by atoms with Crippen molar-refractivity contribution in [2.24, 2.45) is 5.73 Å². The molecule has 0 aliphatic carbocycles. The Labute approximate surface area is 168 Å². The zero-order chi connectivity index (χ0) is 20.5. The Morgan fingerprint density at radius 1 is 0.966 bits per heavy atom. The molecule has 3 aromatic rings. The Morgan fingerprint density at radius 2 is 1.62 bits per heavy atom. The maximum absolute atomic E-state index is 12.4. The van der Waals surface area contributed by atoms with Crippen LogP contribution in [0, 0.1) is 0 Å². The minimum absolute atomic E-state index is 0.0294. The lowest BCUT2D eigenvalue weighted by atomic mass is 10.2. The van der Waals surface area contributed by atoms with Crippen LogP contribution in [0.4, 0.5) is 5.82 Å². The number of imidazole rings is 1. The Kier molecular flexibility index (Phi) is 7.10. The summed E-state index contributed by atoms with van der Waals surface area (Å²) in [5.41, 5.74) is 6.87. The first-order valence-corrected chi connectivity index (χ1v) is 9.06. The fourth-order valence-corrected chi connectivity index (χ4v) is 2.61. The third-order valence-electron chi connectivity index (χ3n) is 4.05. The smallest absolute Gasteiger partial charge is 0.271 e. The molecular weight excluding hydrogens is 372 g/mol. The largest absolute Gasteiger partial charge is 0.374 e. The number of hydrogen-bond donors (Lipinski definition) is 2. The van der Waals surface area contributed by atoms with E-state index in [0.29, 0.717) is 25.4 Å². The van der Waals surface area contributed by atoms with Gasteiger partial charge in [-0.2, -0.15) is 0 Å². The number of aromatic nitrogens is 2. The van der Waals surface area contributed by atoms with Crippen molar-refractivity contribution in [2.75, 3.05) is 18.5 Å². The van der Waals surface area contributed by atoms with Crippen molar-refractivity contribution in [1.82, 2.24) is 9.55 Å². The molecule has 0 fully saturated rings. The van der Waals surface area contributed by atoms with Crippen LogP contribution in [-0.4, -0.2) is 34.6 Å². The maximum atomic E-state index is 12.4. The maximum Gasteiger partial charge on any atom is 0.271 e. The van der Waals surface area contributed by atoms with Gasteiger partial charge in [0.25, 0.3) is 11.8 Å². The van der Waals surface area contributed by atoms with Crippen molar-refractivity contribution in [3.05, 3.63) is 83.8 Å². The molecule has 0 saturated heterocycles. The van der Waals surface area contributed by atoms with Crippen LogP contribution in [0.3, 0.4) is 0 Å². The molecule has 3 N–H and O–H groups in total. The number of rotatable bonds is 10. The van der Waals surface area contributed by atoms with E-state index in [1.54, 1.807) is 24.3 Å². The number of hydrogen-bond acceptors (Lipinski definition) is 5. The van der Waals surface area contributed by atoms with Crippen molar-refractivity contribution in [3.8, 4) is 0 Å². The number of primary amides is 1. The second kappa shape index (κ2) is 10.2. The van der Waals surface area contributed by atoms with Crippen LogP contribution in [0.25, 0.3) is 0 Å². The fourth-order valence-electron chi connectivity index (χ4n) is 2.61. The van der Waals surface area contributed by atoms with E-state index in [-0.39, 0.29) is 24.1 Å². The summed E-state index contributed by atoms with van der Waals surface area (Å²) < 4.78 is 12.6. The Balaban J connectivity index is 1.53. The van der Waals surface area contributed by atoms with E-state index in [2.05, 4.69) is 10.3 Å². The standard InChI is InChI=1S/C21H22N4O4/c22-19(26)18-20(24-21(27)17-9-5-2-6-10-17)25(14-23-18)15-29-12-11-28-13-16-7-3-1-4-8-16/h1-10,14H,11-13,15H2,(H2,22,26)(H,24,27). The minimum atomic E-state index is -0.738. The van der Waals surface area contributed by atoms with Gasteiger partial charge in [0.15, 0.2) is 5.69 Å². The zero-order valence-corrected chi connectivity index (χ0v) is 15.8. The lowest BCUT2D eigenvalue weighted by molar-refractivity contribution is 0.0142. The number of nitrogens with two attached hydrogens (primary N) is 1. The predicted octanol–water partition coefficient (Wildman–Crippen LogP) is 2.43. The van der Waals surface area contributed by atoms with E-state index in [1.165, 1.54) is 10.9 Å². The highest BCUT2D eigenvalue weighted by atomic mass is 16.5. The average Bonchev–Trinajstić information content (AvgIpc) is 3.14. The summed E-state index contributed by atoms with van der Waals surface area (Å²) in [4.78, 5) is 28.0. The summed E-state index contributed by atoms with van der Waals surface area (Å²) in [7, 11) is 0. The van der Waals surface area contributed by atoms with Gasteiger partial charge in [-0.05, 0) is 17.7 Å². The molecule has 0 atom stereocenters. The van der Waals surface area contributed by atoms with Crippen molar-refractivity contribution in [3.63, 3.8) is 0 Å². The van der Waals surface area contributed by atoms with Gasteiger partial charge in [-0.25, -0.2) is 4.98 Å². The summed E-state index contributed by atoms with van der Waals surface area (Å²) in [6.07, 6.45) is 1.39. The van der Waals surface area contributed by atoms with E-state index in [4.69, 9.17) is 15.2 Å². The first kappa shape index (κ1) is 20.2. The first-order valence-electron chi connectivity index (χ1n) is 9.06. The van der Waals surface area contributed by atoms with Crippen LogP contribution in [0.5, 0.6) is 0 Å². The molecule has 0 unspecified atom stereocenters. The SMILES string of the molecule is NC(=O)c1ncn(COCCOCc2ccccc2)c1NC(=O)c1ccccc1. The summed E-state index contributed by atoms with van der Waals surface area (Å²) >= 11 is 0. The second-order valence-corrected chi connectivity index (χ2v) is 6.17. The fraction of sp³-hybridized carbons (Fsp3) is 0.190. The lowest BCUT2D eigenvalue weighted by Crippen LogP contribution is -2.20. The van der Waals surface area contributed by atoms with Crippen molar-refractivity contribution < 1.29 is 19.1 Å². The Hall–Kier alpha value is -3.49. The zero-order valence-electron chi connectivity index (χ0n) is 15.8. The molecule has 1 aromatic heterocycles. The summed E-state index contributed by atoms with van der Waals surface area (Å²) in [6.45, 7) is 1.32. The van der Waals surface area contributed by atoms with E-state index in [1.807, 2.05) is 36.4 Å². The molecule has 0 bridgehead atoms. The molecule has 3 rings (SSSR count). The van der Waals surface area contributed by atoms with Crippen LogP contribution >= 0.6 is 0 Å². The minimum Gasteiger partial charge on any atom is -0.374 e. The molecule has 1 heterocycles. The topological polar surface area (TPSA) is 108 Å². The monoisotopic (exact) mass is 394 g/mol. The van der Waals surface area contributed by atoms with Gasteiger partial charge in [-0.3, -0.25) is 14.2 Å². The van der Waals surface area contributed by atoms with E-state index in [9.17, 15) is 9.59 Å². The Morgan fingerprint density at radius 3 is 2.31 bits per heavy atom. The molecule has 0 spiro atoms. The number of benzene rings is 2. The van der Waals surface area contributed by atoms with Gasteiger partial charge in [0.1, 0.15) is 12.5 Å². The quantitative estimate of drug-likeness (QED) is 0.514. The van der Waals surface area contributed by atoms with Crippen LogP contribution in [0.15, 0.2) is 67.0 Å². The summed E-state index contributed by atoms with van der Waals surface area (Å²) in [5.74, 6) is -0.920. The highest BCUT2D eigenvalue weighted by molar-refractivity contribution is 6.07. The van der Waals surface area contributed by atoms with Crippen LogP contribution in [0.1, 0.15) is 26.4 Å². The van der Waals surface area contributed by atoms with Gasteiger partial charge in [0.05, 0.1) is 26.1 Å². The number of anilines is 1. The molecule has 8 heteroatoms. The number of carbonyl (C=O) groups is 2. The number of ether oxygens (including phenoxy) is 2. The molecule has 8 nitrogen and oxygen atoms in total. The normalized spacial score (nSPS) is 10.6. The molecule has 2 aromatic carbocycles. The first-order chi connectivity index (χ1) is 14.1. The number of nitrogens with zero attached hydrogens (tertiary/aromatic N) is 2. The number of amides is 2. The predicted molar refractivity (Wildman–Crippen MR) is 107 cm³/mol. The molecule has 0 saturated carbocycles. The third kappa shape index (κ3) is 5.74. The van der Waals surface area contributed by atoms with E-state index in [0.717, 1.165) is 5.56 Å². The van der Waals surface area contributed by atoms with Gasteiger partial charge >= 0.3 is 0 Å². The van der Waals surface area contributed by atoms with Crippen LogP contribution < -0.4 is 11.1 Å². The molecule has 0 radical (unpaired) electrons. The molecular formula is C21H22N4O4. The van der Waals surface area contributed by atoms with Gasteiger partial charge < -0.3 is 20.5 Å². The van der Waals surface area contributed by atoms with Crippen LogP contribution in [0.2, 0.25) is 0 Å².